The lowest BCUT2D eigenvalue weighted by Gasteiger charge is -2.09. The van der Waals surface area contributed by atoms with Crippen LogP contribution in [0.25, 0.3) is 0 Å². The lowest BCUT2D eigenvalue weighted by atomic mass is 10.3. The Balaban J connectivity index is 1.54. The van der Waals surface area contributed by atoms with Gasteiger partial charge < -0.3 is 19.8 Å². The van der Waals surface area contributed by atoms with Gasteiger partial charge in [-0.3, -0.25) is 9.59 Å². The largest absolute Gasteiger partial charge is 0.492 e. The quantitative estimate of drug-likeness (QED) is 0.599. The number of rotatable bonds is 9. The number of amides is 2. The number of furan rings is 1. The van der Waals surface area contributed by atoms with E-state index < -0.39 is 0 Å². The highest BCUT2D eigenvalue weighted by atomic mass is 79.9. The molecule has 0 unspecified atom stereocenters. The van der Waals surface area contributed by atoms with E-state index in [9.17, 15) is 9.59 Å². The van der Waals surface area contributed by atoms with Crippen molar-refractivity contribution in [3.63, 3.8) is 0 Å². The fraction of sp³-hybridized carbons (Fsp3) is 0.294. The number of benzene rings is 1. The number of carbonyl (C=O) groups excluding carboxylic acids is 2. The Hall–Kier alpha value is -1.99. The molecule has 0 saturated heterocycles. The van der Waals surface area contributed by atoms with Gasteiger partial charge in [-0.25, -0.2) is 0 Å². The maximum atomic E-state index is 11.7. The Kier molecular flexibility index (Phi) is 7.81. The van der Waals surface area contributed by atoms with E-state index in [0.717, 1.165) is 4.47 Å². The number of hydrogen-bond donors (Lipinski definition) is 2. The molecule has 0 radical (unpaired) electrons. The molecule has 0 aliphatic heterocycles. The van der Waals surface area contributed by atoms with Gasteiger partial charge in [0.2, 0.25) is 5.91 Å². The average Bonchev–Trinajstić information content (AvgIpc) is 3.11. The van der Waals surface area contributed by atoms with Gasteiger partial charge in [0, 0.05) is 24.0 Å². The molecular formula is C17H18BrClN2O4. The summed E-state index contributed by atoms with van der Waals surface area (Å²) >= 11 is 9.37. The van der Waals surface area contributed by atoms with Crippen LogP contribution in [0.4, 0.5) is 0 Å². The summed E-state index contributed by atoms with van der Waals surface area (Å²) in [6.07, 6.45) is 2.33. The van der Waals surface area contributed by atoms with Crippen LogP contribution in [0.2, 0.25) is 5.02 Å². The maximum Gasteiger partial charge on any atom is 0.287 e. The van der Waals surface area contributed by atoms with Gasteiger partial charge in [-0.1, -0.05) is 27.5 Å². The van der Waals surface area contributed by atoms with Crippen molar-refractivity contribution < 1.29 is 18.7 Å². The minimum Gasteiger partial charge on any atom is -0.492 e. The van der Waals surface area contributed by atoms with Crippen LogP contribution in [0.15, 0.2) is 45.5 Å². The van der Waals surface area contributed by atoms with Crippen LogP contribution in [0.5, 0.6) is 5.75 Å². The lowest BCUT2D eigenvalue weighted by Crippen LogP contribution is -2.34. The van der Waals surface area contributed by atoms with Crippen LogP contribution >= 0.6 is 27.5 Å². The van der Waals surface area contributed by atoms with E-state index in [4.69, 9.17) is 20.8 Å². The van der Waals surface area contributed by atoms with Gasteiger partial charge in [0.15, 0.2) is 5.76 Å². The molecule has 25 heavy (non-hydrogen) atoms. The first-order chi connectivity index (χ1) is 12.1. The summed E-state index contributed by atoms with van der Waals surface area (Å²) in [5.41, 5.74) is 0. The molecule has 0 fully saturated rings. The second-order valence-corrected chi connectivity index (χ2v) is 6.43. The van der Waals surface area contributed by atoms with Gasteiger partial charge in [-0.2, -0.15) is 0 Å². The average molecular weight is 430 g/mol. The van der Waals surface area contributed by atoms with Crippen molar-refractivity contribution in [2.75, 3.05) is 19.7 Å². The molecule has 2 aromatic rings. The molecule has 0 bridgehead atoms. The van der Waals surface area contributed by atoms with Crippen LogP contribution in [0, 0.1) is 0 Å². The molecule has 0 aliphatic rings. The van der Waals surface area contributed by atoms with Gasteiger partial charge in [0.1, 0.15) is 5.75 Å². The fourth-order valence-electron chi connectivity index (χ4n) is 1.97. The SMILES string of the molecule is O=C(CCCOc1ccc(Br)cc1Cl)NCCNC(=O)c1ccco1. The molecule has 0 saturated carbocycles. The smallest absolute Gasteiger partial charge is 0.287 e. The van der Waals surface area contributed by atoms with Crippen LogP contribution in [-0.2, 0) is 4.79 Å². The molecule has 1 aromatic heterocycles. The number of carbonyl (C=O) groups is 2. The second-order valence-electron chi connectivity index (χ2n) is 5.11. The Morgan fingerprint density at radius 3 is 2.72 bits per heavy atom. The summed E-state index contributed by atoms with van der Waals surface area (Å²) in [5.74, 6) is 0.428. The van der Waals surface area contributed by atoms with E-state index in [-0.39, 0.29) is 17.6 Å². The first-order valence-corrected chi connectivity index (χ1v) is 8.89. The topological polar surface area (TPSA) is 80.6 Å². The van der Waals surface area contributed by atoms with Crippen LogP contribution < -0.4 is 15.4 Å². The zero-order chi connectivity index (χ0) is 18.1. The molecule has 0 atom stereocenters. The van der Waals surface area contributed by atoms with Gasteiger partial charge in [0.25, 0.3) is 5.91 Å². The highest BCUT2D eigenvalue weighted by Gasteiger charge is 2.07. The van der Waals surface area contributed by atoms with Crippen molar-refractivity contribution in [2.24, 2.45) is 0 Å². The molecule has 2 amide bonds. The van der Waals surface area contributed by atoms with Crippen molar-refractivity contribution in [3.05, 3.63) is 51.9 Å². The number of hydrogen-bond acceptors (Lipinski definition) is 4. The van der Waals surface area contributed by atoms with Crippen LogP contribution in [0.1, 0.15) is 23.4 Å². The minimum absolute atomic E-state index is 0.0993. The van der Waals surface area contributed by atoms with E-state index in [2.05, 4.69) is 26.6 Å². The van der Waals surface area contributed by atoms with Crippen LogP contribution in [-0.4, -0.2) is 31.5 Å². The zero-order valence-electron chi connectivity index (χ0n) is 13.4. The molecule has 6 nitrogen and oxygen atoms in total. The van der Waals surface area contributed by atoms with Crippen molar-refractivity contribution in [2.45, 2.75) is 12.8 Å². The third-order valence-electron chi connectivity index (χ3n) is 3.18. The van der Waals surface area contributed by atoms with Gasteiger partial charge in [-0.15, -0.1) is 0 Å². The molecule has 1 heterocycles. The molecule has 0 aliphatic carbocycles. The third-order valence-corrected chi connectivity index (χ3v) is 3.97. The van der Waals surface area contributed by atoms with E-state index in [0.29, 0.717) is 43.3 Å². The summed E-state index contributed by atoms with van der Waals surface area (Å²) in [6, 6.07) is 8.57. The zero-order valence-corrected chi connectivity index (χ0v) is 15.7. The summed E-state index contributed by atoms with van der Waals surface area (Å²) in [4.78, 5) is 23.3. The van der Waals surface area contributed by atoms with E-state index in [1.807, 2.05) is 6.07 Å². The first-order valence-electron chi connectivity index (χ1n) is 7.72. The predicted octanol–water partition coefficient (Wildman–Crippen LogP) is 3.40. The Labute approximate surface area is 159 Å². The van der Waals surface area contributed by atoms with Gasteiger partial charge >= 0.3 is 0 Å². The van der Waals surface area contributed by atoms with Crippen molar-refractivity contribution >= 4 is 39.3 Å². The molecule has 2 rings (SSSR count). The second kappa shape index (κ2) is 10.1. The molecule has 1 aromatic carbocycles. The van der Waals surface area contributed by atoms with E-state index in [1.165, 1.54) is 6.26 Å². The van der Waals surface area contributed by atoms with Crippen molar-refractivity contribution in [1.82, 2.24) is 10.6 Å². The highest BCUT2D eigenvalue weighted by Crippen LogP contribution is 2.27. The standard InChI is InChI=1S/C17H18BrClN2O4/c18-12-5-6-14(13(19)11-12)24-10-2-4-16(22)20-7-8-21-17(23)15-3-1-9-25-15/h1,3,5-6,9,11H,2,4,7-8,10H2,(H,20,22)(H,21,23). The summed E-state index contributed by atoms with van der Waals surface area (Å²) in [7, 11) is 0. The lowest BCUT2D eigenvalue weighted by molar-refractivity contribution is -0.121. The van der Waals surface area contributed by atoms with E-state index >= 15 is 0 Å². The minimum atomic E-state index is -0.306. The van der Waals surface area contributed by atoms with Crippen LogP contribution in [0.3, 0.4) is 0 Å². The number of nitrogens with one attached hydrogen (secondary N) is 2. The van der Waals surface area contributed by atoms with Crippen molar-refractivity contribution in [1.29, 1.82) is 0 Å². The van der Waals surface area contributed by atoms with Gasteiger partial charge in [-0.05, 0) is 36.8 Å². The molecular weight excluding hydrogens is 412 g/mol. The van der Waals surface area contributed by atoms with Crippen molar-refractivity contribution in [3.8, 4) is 5.75 Å². The molecule has 0 spiro atoms. The third kappa shape index (κ3) is 6.80. The van der Waals surface area contributed by atoms with Gasteiger partial charge in [0.05, 0.1) is 17.9 Å². The Morgan fingerprint density at radius 1 is 1.20 bits per heavy atom. The maximum absolute atomic E-state index is 11.7. The predicted molar refractivity (Wildman–Crippen MR) is 97.9 cm³/mol. The Bertz CT molecular complexity index is 707. The monoisotopic (exact) mass is 428 g/mol. The fourth-order valence-corrected chi connectivity index (χ4v) is 2.70. The summed E-state index contributed by atoms with van der Waals surface area (Å²) < 4.78 is 11.4. The normalized spacial score (nSPS) is 10.3. The first kappa shape index (κ1) is 19.3. The molecule has 134 valence electrons. The van der Waals surface area contributed by atoms with E-state index in [1.54, 1.807) is 24.3 Å². The molecule has 8 heteroatoms. The number of halogens is 2. The highest BCUT2D eigenvalue weighted by molar-refractivity contribution is 9.10. The Morgan fingerprint density at radius 2 is 2.00 bits per heavy atom. The summed E-state index contributed by atoms with van der Waals surface area (Å²) in [5, 5.41) is 5.90. The summed E-state index contributed by atoms with van der Waals surface area (Å²) in [6.45, 7) is 1.07. The number of ether oxygens (including phenoxy) is 1. The molecule has 2 N–H and O–H groups in total.